The fraction of sp³-hybridized carbons (Fsp3) is 0.719. The molecular formula is C32H50O8. The van der Waals surface area contributed by atoms with E-state index in [4.69, 9.17) is 14.2 Å². The number of esters is 1. The lowest BCUT2D eigenvalue weighted by Crippen LogP contribution is -2.62. The summed E-state index contributed by atoms with van der Waals surface area (Å²) in [6, 6.07) is 0. The van der Waals surface area contributed by atoms with Crippen LogP contribution in [0.15, 0.2) is 47.6 Å². The lowest BCUT2D eigenvalue weighted by molar-refractivity contribution is -0.352. The molecule has 2 saturated heterocycles. The van der Waals surface area contributed by atoms with Crippen LogP contribution in [0.5, 0.6) is 0 Å². The van der Waals surface area contributed by atoms with Gasteiger partial charge in [0.15, 0.2) is 0 Å². The molecule has 0 aromatic heterocycles. The number of aliphatic hydroxyl groups excluding tert-OH is 3. The Balaban J connectivity index is 1.73. The Bertz CT molecular complexity index is 970. The molecule has 10 atom stereocenters. The number of epoxide rings is 1. The molecule has 0 amide bonds. The molecule has 6 unspecified atom stereocenters. The molecule has 0 spiro atoms. The number of ether oxygens (including phenoxy) is 3. The van der Waals surface area contributed by atoms with E-state index in [1.54, 1.807) is 13.8 Å². The minimum absolute atomic E-state index is 0.0132. The van der Waals surface area contributed by atoms with E-state index in [9.17, 15) is 25.2 Å². The van der Waals surface area contributed by atoms with E-state index < -0.39 is 42.1 Å². The number of allylic oxidation sites excluding steroid dienone is 5. The average molecular weight is 563 g/mol. The topological polar surface area (TPSA) is 129 Å². The van der Waals surface area contributed by atoms with Crippen molar-refractivity contribution >= 4 is 5.97 Å². The van der Waals surface area contributed by atoms with Crippen molar-refractivity contribution in [2.75, 3.05) is 6.61 Å². The first kappa shape index (κ1) is 32.7. The van der Waals surface area contributed by atoms with Crippen LogP contribution in [-0.2, 0) is 19.0 Å². The minimum Gasteiger partial charge on any atom is -0.460 e. The van der Waals surface area contributed by atoms with Crippen molar-refractivity contribution < 1.29 is 39.4 Å². The van der Waals surface area contributed by atoms with Crippen molar-refractivity contribution in [2.24, 2.45) is 17.8 Å². The molecule has 8 heteroatoms. The van der Waals surface area contributed by atoms with Crippen LogP contribution >= 0.6 is 0 Å². The third-order valence-corrected chi connectivity index (χ3v) is 8.46. The molecule has 0 aromatic carbocycles. The van der Waals surface area contributed by atoms with E-state index in [0.29, 0.717) is 30.8 Å². The zero-order chi connectivity index (χ0) is 29.6. The van der Waals surface area contributed by atoms with Gasteiger partial charge in [-0.2, -0.15) is 0 Å². The first-order valence-electron chi connectivity index (χ1n) is 14.8. The van der Waals surface area contributed by atoms with Gasteiger partial charge in [0.1, 0.15) is 24.9 Å². The Kier molecular flexibility index (Phi) is 11.8. The van der Waals surface area contributed by atoms with Crippen molar-refractivity contribution in [3.8, 4) is 0 Å². The van der Waals surface area contributed by atoms with Crippen LogP contribution < -0.4 is 0 Å². The molecule has 0 saturated carbocycles. The van der Waals surface area contributed by atoms with Crippen molar-refractivity contribution in [3.63, 3.8) is 0 Å². The summed E-state index contributed by atoms with van der Waals surface area (Å²) in [6.07, 6.45) is 7.70. The summed E-state index contributed by atoms with van der Waals surface area (Å²) in [5, 5.41) is 43.6. The molecule has 3 heterocycles. The number of carbonyl (C=O) groups excluding carboxylic acids is 1. The third kappa shape index (κ3) is 9.10. The molecule has 8 nitrogen and oxygen atoms in total. The van der Waals surface area contributed by atoms with Gasteiger partial charge >= 0.3 is 5.97 Å². The van der Waals surface area contributed by atoms with Crippen molar-refractivity contribution in [3.05, 3.63) is 47.6 Å². The van der Waals surface area contributed by atoms with Crippen LogP contribution in [0.2, 0.25) is 0 Å². The highest BCUT2D eigenvalue weighted by Crippen LogP contribution is 2.36. The van der Waals surface area contributed by atoms with E-state index in [2.05, 4.69) is 31.7 Å². The smallest absolute Gasteiger partial charge is 0.333 e. The summed E-state index contributed by atoms with van der Waals surface area (Å²) in [5.74, 6) is -2.76. The van der Waals surface area contributed by atoms with Crippen LogP contribution in [-0.4, -0.2) is 75.4 Å². The van der Waals surface area contributed by atoms with Gasteiger partial charge in [0, 0.05) is 12.0 Å². The predicted octanol–water partition coefficient (Wildman–Crippen LogP) is 4.12. The summed E-state index contributed by atoms with van der Waals surface area (Å²) >= 11 is 0. The first-order chi connectivity index (χ1) is 18.8. The molecule has 40 heavy (non-hydrogen) atoms. The first-order valence-corrected chi connectivity index (χ1v) is 14.8. The highest BCUT2D eigenvalue weighted by molar-refractivity contribution is 5.87. The Labute approximate surface area is 239 Å². The highest BCUT2D eigenvalue weighted by Gasteiger charge is 2.52. The number of hydrogen-bond donors (Lipinski definition) is 4. The second kappa shape index (κ2) is 14.4. The average Bonchev–Trinajstić information content (AvgIpc) is 3.61. The maximum absolute atomic E-state index is 12.5. The largest absolute Gasteiger partial charge is 0.460 e. The molecule has 2 bridgehead atoms. The van der Waals surface area contributed by atoms with Crippen molar-refractivity contribution in [2.45, 2.75) is 122 Å². The molecule has 0 aromatic rings. The molecule has 3 rings (SSSR count). The van der Waals surface area contributed by atoms with Crippen LogP contribution in [0.25, 0.3) is 0 Å². The van der Waals surface area contributed by atoms with Gasteiger partial charge in [-0.15, -0.1) is 0 Å². The van der Waals surface area contributed by atoms with Gasteiger partial charge < -0.3 is 34.6 Å². The SMILES string of the molecule is C=C1/C=C(/C)C(C)CC(O)CC(O)[C@]2(O)O[C@H](COC(=O)/C(C)=C/CC/C=C/C3OC3CC(C)C1)C[C@H](C)[C@H]2O. The molecule has 0 radical (unpaired) electrons. The van der Waals surface area contributed by atoms with Crippen molar-refractivity contribution in [1.29, 1.82) is 0 Å². The Hall–Kier alpha value is -1.81. The highest BCUT2D eigenvalue weighted by atomic mass is 16.7. The second-order valence-electron chi connectivity index (χ2n) is 12.4. The maximum Gasteiger partial charge on any atom is 0.333 e. The normalized spacial score (nSPS) is 44.9. The predicted molar refractivity (Wildman–Crippen MR) is 153 cm³/mol. The van der Waals surface area contributed by atoms with Crippen LogP contribution in [0.3, 0.4) is 0 Å². The van der Waals surface area contributed by atoms with Gasteiger partial charge in [-0.25, -0.2) is 4.79 Å². The zero-order valence-electron chi connectivity index (χ0n) is 24.8. The summed E-state index contributed by atoms with van der Waals surface area (Å²) in [4.78, 5) is 12.5. The summed E-state index contributed by atoms with van der Waals surface area (Å²) in [5.41, 5.74) is 2.58. The number of cyclic esters (lactones) is 1. The fourth-order valence-electron chi connectivity index (χ4n) is 5.79. The molecule has 2 fully saturated rings. The standard InChI is InChI=1S/C32H50O8/c1-19-12-20(2)14-28-27(39-28)11-9-7-8-10-21(3)31(36)38-18-26-16-24(6)30(35)32(37,40-26)29(34)17-25(33)15-23(5)22(4)13-19/h9-11,13,20,23-30,33-35,37H,1,7-8,12,14-18H2,2-6H3/b11-9+,21-10+,22-13-/t20?,23?,24-,25?,26-,27?,28?,29?,30+,32-/m0/s1. The summed E-state index contributed by atoms with van der Waals surface area (Å²) in [7, 11) is 0. The second-order valence-corrected chi connectivity index (χ2v) is 12.4. The van der Waals surface area contributed by atoms with Gasteiger partial charge in [-0.05, 0) is 70.1 Å². The monoisotopic (exact) mass is 562 g/mol. The minimum atomic E-state index is -2.29. The quantitative estimate of drug-likeness (QED) is 0.197. The van der Waals surface area contributed by atoms with Gasteiger partial charge in [0.25, 0.3) is 0 Å². The van der Waals surface area contributed by atoms with Crippen LogP contribution in [0.4, 0.5) is 0 Å². The van der Waals surface area contributed by atoms with Gasteiger partial charge in [-0.1, -0.05) is 62.8 Å². The number of fused-ring (bicyclic) bond motifs is 3. The van der Waals surface area contributed by atoms with E-state index >= 15 is 0 Å². The van der Waals surface area contributed by atoms with E-state index in [1.165, 1.54) is 0 Å². The van der Waals surface area contributed by atoms with Crippen molar-refractivity contribution in [1.82, 2.24) is 0 Å². The lowest BCUT2D eigenvalue weighted by atomic mass is 9.83. The molecule has 3 aliphatic rings. The lowest BCUT2D eigenvalue weighted by Gasteiger charge is -2.46. The van der Waals surface area contributed by atoms with Crippen LogP contribution in [0, 0.1) is 17.8 Å². The number of rotatable bonds is 0. The fourth-order valence-corrected chi connectivity index (χ4v) is 5.79. The Morgan fingerprint density at radius 3 is 2.48 bits per heavy atom. The Morgan fingerprint density at radius 2 is 1.75 bits per heavy atom. The number of carbonyl (C=O) groups is 1. The van der Waals surface area contributed by atoms with Gasteiger partial charge in [0.05, 0.1) is 18.3 Å². The maximum atomic E-state index is 12.5. The third-order valence-electron chi connectivity index (χ3n) is 8.46. The van der Waals surface area contributed by atoms with Crippen LogP contribution in [0.1, 0.15) is 79.6 Å². The van der Waals surface area contributed by atoms with Gasteiger partial charge in [0.2, 0.25) is 5.79 Å². The Morgan fingerprint density at radius 1 is 1.02 bits per heavy atom. The summed E-state index contributed by atoms with van der Waals surface area (Å²) in [6.45, 7) is 13.8. The van der Waals surface area contributed by atoms with E-state index in [0.717, 1.165) is 30.4 Å². The zero-order valence-corrected chi connectivity index (χ0v) is 24.8. The molecule has 226 valence electrons. The summed E-state index contributed by atoms with van der Waals surface area (Å²) < 4.78 is 17.0. The molecule has 4 N–H and O–H groups in total. The number of aliphatic hydroxyl groups is 4. The molecule has 0 aliphatic carbocycles. The number of hydrogen-bond acceptors (Lipinski definition) is 8. The van der Waals surface area contributed by atoms with Gasteiger partial charge in [-0.3, -0.25) is 0 Å². The molecule has 3 aliphatic heterocycles. The van der Waals surface area contributed by atoms with E-state index in [1.807, 2.05) is 19.9 Å². The van der Waals surface area contributed by atoms with E-state index in [-0.39, 0.29) is 31.2 Å². The molecular weight excluding hydrogens is 512 g/mol.